The monoisotopic (exact) mass is 395 g/mol. The van der Waals surface area contributed by atoms with Crippen molar-refractivity contribution in [3.05, 3.63) is 63.6 Å². The Bertz CT molecular complexity index is 1080. The molecular formula is C17H13F4N5O2. The number of hydrogen-bond donors (Lipinski definition) is 1. The molecule has 0 atom stereocenters. The van der Waals surface area contributed by atoms with E-state index in [0.29, 0.717) is 30.4 Å². The number of benzene rings is 1. The molecule has 28 heavy (non-hydrogen) atoms. The number of aromatic nitrogens is 3. The molecule has 1 fully saturated rings. The van der Waals surface area contributed by atoms with E-state index in [1.165, 1.54) is 6.07 Å². The lowest BCUT2D eigenvalue weighted by Crippen LogP contribution is -2.21. The summed E-state index contributed by atoms with van der Waals surface area (Å²) in [7, 11) is 0. The van der Waals surface area contributed by atoms with Gasteiger partial charge in [0, 0.05) is 18.0 Å². The normalized spacial score (nSPS) is 15.6. The van der Waals surface area contributed by atoms with Crippen LogP contribution in [0.3, 0.4) is 0 Å². The molecule has 0 spiro atoms. The van der Waals surface area contributed by atoms with Gasteiger partial charge >= 0.3 is 12.0 Å². The molecule has 1 N–H and O–H groups in total. The van der Waals surface area contributed by atoms with Crippen LogP contribution in [0.25, 0.3) is 5.65 Å². The number of alkyl halides is 3. The second-order valence-electron chi connectivity index (χ2n) is 6.72. The van der Waals surface area contributed by atoms with Gasteiger partial charge < -0.3 is 15.4 Å². The first-order chi connectivity index (χ1) is 13.2. The maximum Gasteiger partial charge on any atom is 0.416 e. The van der Waals surface area contributed by atoms with E-state index in [-0.39, 0.29) is 17.9 Å². The summed E-state index contributed by atoms with van der Waals surface area (Å²) in [6.45, 7) is 0.217. The first-order valence-electron chi connectivity index (χ1n) is 8.29. The van der Waals surface area contributed by atoms with Gasteiger partial charge in [-0.3, -0.25) is 0 Å². The van der Waals surface area contributed by atoms with Crippen LogP contribution in [-0.2, 0) is 11.6 Å². The first kappa shape index (κ1) is 18.1. The van der Waals surface area contributed by atoms with E-state index in [1.807, 2.05) is 0 Å². The Morgan fingerprint density at radius 1 is 1.25 bits per heavy atom. The van der Waals surface area contributed by atoms with Crippen molar-refractivity contribution >= 4 is 17.3 Å². The van der Waals surface area contributed by atoms with Crippen LogP contribution in [0, 0.1) is 15.9 Å². The van der Waals surface area contributed by atoms with Crippen molar-refractivity contribution in [2.45, 2.75) is 24.4 Å². The standard InChI is InChI=1S/C17H13F4N5O2/c18-12-6-10(5-11(7-12)17(19,20)21)16(3-4-16)9-23-13-1-2-14-22-8-15(26(27)28)25(14)24-13/h1-2,5-8H,3-4,9H2,(H,23,24). The molecule has 0 aliphatic heterocycles. The maximum absolute atomic E-state index is 13.7. The van der Waals surface area contributed by atoms with Crippen molar-refractivity contribution in [2.24, 2.45) is 0 Å². The summed E-state index contributed by atoms with van der Waals surface area (Å²) in [6, 6.07) is 5.65. The lowest BCUT2D eigenvalue weighted by atomic mass is 9.94. The molecule has 0 amide bonds. The van der Waals surface area contributed by atoms with Crippen molar-refractivity contribution in [1.29, 1.82) is 0 Å². The lowest BCUT2D eigenvalue weighted by molar-refractivity contribution is -0.391. The molecule has 0 bridgehead atoms. The average molecular weight is 395 g/mol. The van der Waals surface area contributed by atoms with E-state index >= 15 is 0 Å². The lowest BCUT2D eigenvalue weighted by Gasteiger charge is -2.18. The second-order valence-corrected chi connectivity index (χ2v) is 6.72. The molecule has 3 aromatic rings. The van der Waals surface area contributed by atoms with E-state index < -0.39 is 27.9 Å². The Hall–Kier alpha value is -3.24. The first-order valence-corrected chi connectivity index (χ1v) is 8.29. The second kappa shape index (κ2) is 6.14. The van der Waals surface area contributed by atoms with Gasteiger partial charge in [0.25, 0.3) is 0 Å². The predicted octanol–water partition coefficient (Wildman–Crippen LogP) is 3.94. The molecule has 11 heteroatoms. The molecule has 146 valence electrons. The molecule has 7 nitrogen and oxygen atoms in total. The molecule has 0 saturated heterocycles. The third-order valence-electron chi connectivity index (χ3n) is 4.83. The minimum Gasteiger partial charge on any atom is -0.366 e. The van der Waals surface area contributed by atoms with Gasteiger partial charge in [0.05, 0.1) is 5.56 Å². The smallest absolute Gasteiger partial charge is 0.366 e. The van der Waals surface area contributed by atoms with Crippen molar-refractivity contribution in [3.63, 3.8) is 0 Å². The van der Waals surface area contributed by atoms with Gasteiger partial charge in [0.2, 0.25) is 5.65 Å². The van der Waals surface area contributed by atoms with E-state index in [9.17, 15) is 27.7 Å². The molecule has 2 aromatic heterocycles. The summed E-state index contributed by atoms with van der Waals surface area (Å²) in [5.74, 6) is -0.947. The quantitative estimate of drug-likeness (QED) is 0.402. The number of halogens is 4. The summed E-state index contributed by atoms with van der Waals surface area (Å²) >= 11 is 0. The molecule has 1 aliphatic rings. The predicted molar refractivity (Wildman–Crippen MR) is 90.4 cm³/mol. The Morgan fingerprint density at radius 2 is 2.00 bits per heavy atom. The minimum atomic E-state index is -4.63. The molecule has 4 rings (SSSR count). The minimum absolute atomic E-state index is 0.217. The fourth-order valence-electron chi connectivity index (χ4n) is 3.12. The van der Waals surface area contributed by atoms with Crippen LogP contribution >= 0.6 is 0 Å². The average Bonchev–Trinajstić information content (AvgIpc) is 3.30. The molecular weight excluding hydrogens is 382 g/mol. The van der Waals surface area contributed by atoms with Crippen LogP contribution in [0.5, 0.6) is 0 Å². The summed E-state index contributed by atoms with van der Waals surface area (Å²) in [5, 5.41) is 18.1. The van der Waals surface area contributed by atoms with Gasteiger partial charge in [-0.15, -0.1) is 0 Å². The fraction of sp³-hybridized carbons (Fsp3) is 0.294. The number of anilines is 1. The highest BCUT2D eigenvalue weighted by Gasteiger charge is 2.45. The largest absolute Gasteiger partial charge is 0.416 e. The summed E-state index contributed by atoms with van der Waals surface area (Å²) in [5.41, 5.74) is -1.11. The molecule has 2 heterocycles. The van der Waals surface area contributed by atoms with Crippen LogP contribution in [0.2, 0.25) is 0 Å². The van der Waals surface area contributed by atoms with Gasteiger partial charge in [-0.2, -0.15) is 13.2 Å². The Kier molecular flexibility index (Phi) is 3.98. The van der Waals surface area contributed by atoms with Crippen molar-refractivity contribution < 1.29 is 22.5 Å². The zero-order valence-electron chi connectivity index (χ0n) is 14.2. The van der Waals surface area contributed by atoms with Crippen LogP contribution in [-0.4, -0.2) is 26.1 Å². The molecule has 1 saturated carbocycles. The summed E-state index contributed by atoms with van der Waals surface area (Å²) in [6.07, 6.45) is -2.37. The molecule has 0 radical (unpaired) electrons. The number of hydrogen-bond acceptors (Lipinski definition) is 5. The number of nitrogens with one attached hydrogen (secondary N) is 1. The van der Waals surface area contributed by atoms with Gasteiger partial charge in [0.15, 0.2) is 5.82 Å². The fourth-order valence-corrected chi connectivity index (χ4v) is 3.12. The molecule has 0 unspecified atom stereocenters. The van der Waals surface area contributed by atoms with Gasteiger partial charge in [-0.25, -0.2) is 9.37 Å². The number of nitro groups is 1. The van der Waals surface area contributed by atoms with E-state index in [1.54, 1.807) is 6.07 Å². The number of rotatable bonds is 5. The highest BCUT2D eigenvalue weighted by molar-refractivity contribution is 5.49. The summed E-state index contributed by atoms with van der Waals surface area (Å²) in [4.78, 5) is 14.3. The van der Waals surface area contributed by atoms with E-state index in [0.717, 1.165) is 22.8 Å². The number of fused-ring (bicyclic) bond motifs is 1. The zero-order valence-corrected chi connectivity index (χ0v) is 14.2. The van der Waals surface area contributed by atoms with Crippen molar-refractivity contribution in [3.8, 4) is 0 Å². The Morgan fingerprint density at radius 3 is 2.64 bits per heavy atom. The number of imidazole rings is 1. The Labute approximate surface area is 155 Å². The third-order valence-corrected chi connectivity index (χ3v) is 4.83. The molecule has 1 aliphatic carbocycles. The highest BCUT2D eigenvalue weighted by atomic mass is 19.4. The van der Waals surface area contributed by atoms with Crippen LogP contribution in [0.1, 0.15) is 24.0 Å². The van der Waals surface area contributed by atoms with Crippen molar-refractivity contribution in [1.82, 2.24) is 14.6 Å². The third kappa shape index (κ3) is 3.23. The van der Waals surface area contributed by atoms with Crippen LogP contribution < -0.4 is 5.32 Å². The van der Waals surface area contributed by atoms with E-state index in [2.05, 4.69) is 15.4 Å². The zero-order chi connectivity index (χ0) is 20.1. The highest BCUT2D eigenvalue weighted by Crippen LogP contribution is 2.49. The Balaban J connectivity index is 1.58. The SMILES string of the molecule is O=[N+]([O-])c1cnc2ccc(NCC3(c4cc(F)cc(C(F)(F)F)c4)CC3)nn12. The van der Waals surface area contributed by atoms with Gasteiger partial charge in [-0.05, 0) is 47.6 Å². The van der Waals surface area contributed by atoms with E-state index in [4.69, 9.17) is 0 Å². The van der Waals surface area contributed by atoms with Crippen LogP contribution in [0.15, 0.2) is 36.5 Å². The number of nitrogens with zero attached hydrogens (tertiary/aromatic N) is 4. The van der Waals surface area contributed by atoms with Gasteiger partial charge in [-0.1, -0.05) is 9.61 Å². The van der Waals surface area contributed by atoms with Crippen LogP contribution in [0.4, 0.5) is 29.2 Å². The topological polar surface area (TPSA) is 85.4 Å². The maximum atomic E-state index is 13.7. The summed E-state index contributed by atoms with van der Waals surface area (Å²) < 4.78 is 53.7. The van der Waals surface area contributed by atoms with Gasteiger partial charge in [0.1, 0.15) is 12.0 Å². The molecule has 1 aromatic carbocycles. The van der Waals surface area contributed by atoms with Crippen molar-refractivity contribution in [2.75, 3.05) is 11.9 Å².